The summed E-state index contributed by atoms with van der Waals surface area (Å²) in [6.45, 7) is 0.917. The van der Waals surface area contributed by atoms with Gasteiger partial charge in [0.25, 0.3) is 0 Å². The Morgan fingerprint density at radius 2 is 1.89 bits per heavy atom. The zero-order chi connectivity index (χ0) is 13.0. The van der Waals surface area contributed by atoms with E-state index in [4.69, 9.17) is 5.73 Å². The first-order valence-electron chi connectivity index (χ1n) is 6.86. The highest BCUT2D eigenvalue weighted by Crippen LogP contribution is 2.21. The Bertz CT molecular complexity index is 373. The minimum absolute atomic E-state index is 0.0865. The molecule has 1 aliphatic rings. The van der Waals surface area contributed by atoms with E-state index in [2.05, 4.69) is 11.9 Å². The molecule has 3 heteroatoms. The van der Waals surface area contributed by atoms with Gasteiger partial charge in [0, 0.05) is 18.6 Å². The van der Waals surface area contributed by atoms with Gasteiger partial charge in [-0.15, -0.1) is 0 Å². The molecule has 0 saturated heterocycles. The molecule has 0 aromatic heterocycles. The lowest BCUT2D eigenvalue weighted by Crippen LogP contribution is -2.39. The van der Waals surface area contributed by atoms with Gasteiger partial charge in [0.1, 0.15) is 5.82 Å². The van der Waals surface area contributed by atoms with E-state index in [-0.39, 0.29) is 5.82 Å². The largest absolute Gasteiger partial charge is 0.328 e. The van der Waals surface area contributed by atoms with Crippen LogP contribution in [0.2, 0.25) is 0 Å². The van der Waals surface area contributed by atoms with Gasteiger partial charge in [-0.1, -0.05) is 18.2 Å². The molecule has 100 valence electrons. The first-order chi connectivity index (χ1) is 8.66. The topological polar surface area (TPSA) is 29.3 Å². The maximum Gasteiger partial charge on any atom is 0.126 e. The predicted molar refractivity (Wildman–Crippen MR) is 73.0 cm³/mol. The molecule has 0 bridgehead atoms. The Balaban J connectivity index is 1.81. The summed E-state index contributed by atoms with van der Waals surface area (Å²) in [6, 6.07) is 8.07. The third kappa shape index (κ3) is 3.53. The molecule has 0 amide bonds. The number of nitrogens with two attached hydrogens (primary N) is 1. The standard InChI is InChI=1S/C15H23FN2/c1-18(14-8-6-13(17)7-9-14)11-10-12-4-2-3-5-15(12)16/h2-5,13-14H,6-11,17H2,1H3. The van der Waals surface area contributed by atoms with Gasteiger partial charge in [0.2, 0.25) is 0 Å². The van der Waals surface area contributed by atoms with E-state index in [1.54, 1.807) is 6.07 Å². The highest BCUT2D eigenvalue weighted by molar-refractivity contribution is 5.17. The average molecular weight is 250 g/mol. The molecule has 1 aromatic rings. The van der Waals surface area contributed by atoms with E-state index < -0.39 is 0 Å². The van der Waals surface area contributed by atoms with Gasteiger partial charge in [0.15, 0.2) is 0 Å². The fourth-order valence-electron chi connectivity index (χ4n) is 2.72. The Labute approximate surface area is 109 Å². The molecule has 1 fully saturated rings. The predicted octanol–water partition coefficient (Wildman–Crippen LogP) is 2.57. The van der Waals surface area contributed by atoms with Gasteiger partial charge in [-0.3, -0.25) is 0 Å². The van der Waals surface area contributed by atoms with Crippen LogP contribution in [0.5, 0.6) is 0 Å². The van der Waals surface area contributed by atoms with Gasteiger partial charge >= 0.3 is 0 Å². The van der Waals surface area contributed by atoms with E-state index in [0.717, 1.165) is 31.4 Å². The van der Waals surface area contributed by atoms with Crippen molar-refractivity contribution in [2.45, 2.75) is 44.2 Å². The summed E-state index contributed by atoms with van der Waals surface area (Å²) >= 11 is 0. The van der Waals surface area contributed by atoms with Crippen LogP contribution in [0.25, 0.3) is 0 Å². The van der Waals surface area contributed by atoms with E-state index in [1.807, 2.05) is 12.1 Å². The second-order valence-corrected chi connectivity index (χ2v) is 5.39. The molecule has 0 heterocycles. The Kier molecular flexibility index (Phi) is 4.72. The summed E-state index contributed by atoms with van der Waals surface area (Å²) in [4.78, 5) is 2.36. The zero-order valence-corrected chi connectivity index (χ0v) is 11.1. The van der Waals surface area contributed by atoms with E-state index in [0.29, 0.717) is 12.1 Å². The van der Waals surface area contributed by atoms with Crippen LogP contribution in [-0.4, -0.2) is 30.6 Å². The van der Waals surface area contributed by atoms with Crippen LogP contribution in [0.3, 0.4) is 0 Å². The van der Waals surface area contributed by atoms with Crippen LogP contribution >= 0.6 is 0 Å². The second kappa shape index (κ2) is 6.30. The Morgan fingerprint density at radius 3 is 2.56 bits per heavy atom. The molecule has 1 aliphatic carbocycles. The molecule has 0 radical (unpaired) electrons. The van der Waals surface area contributed by atoms with Gasteiger partial charge in [-0.2, -0.15) is 0 Å². The van der Waals surface area contributed by atoms with Crippen molar-refractivity contribution in [2.24, 2.45) is 5.73 Å². The number of benzene rings is 1. The second-order valence-electron chi connectivity index (χ2n) is 5.39. The maximum absolute atomic E-state index is 13.5. The average Bonchev–Trinajstić information content (AvgIpc) is 2.38. The van der Waals surface area contributed by atoms with E-state index in [9.17, 15) is 4.39 Å². The van der Waals surface area contributed by atoms with Crippen molar-refractivity contribution in [1.82, 2.24) is 4.90 Å². The van der Waals surface area contributed by atoms with Crippen molar-refractivity contribution >= 4 is 0 Å². The molecule has 0 unspecified atom stereocenters. The van der Waals surface area contributed by atoms with Gasteiger partial charge in [-0.25, -0.2) is 4.39 Å². The molecule has 0 spiro atoms. The van der Waals surface area contributed by atoms with Crippen LogP contribution in [-0.2, 0) is 6.42 Å². The Hall–Kier alpha value is -0.930. The lowest BCUT2D eigenvalue weighted by Gasteiger charge is -2.33. The zero-order valence-electron chi connectivity index (χ0n) is 11.1. The quantitative estimate of drug-likeness (QED) is 0.890. The van der Waals surface area contributed by atoms with Gasteiger partial charge < -0.3 is 10.6 Å². The summed E-state index contributed by atoms with van der Waals surface area (Å²) in [5.41, 5.74) is 6.73. The number of likely N-dealkylation sites (N-methyl/N-ethyl adjacent to an activating group) is 1. The molecule has 2 rings (SSSR count). The summed E-state index contributed by atoms with van der Waals surface area (Å²) in [5, 5.41) is 0. The fourth-order valence-corrected chi connectivity index (χ4v) is 2.72. The number of hydrogen-bond donors (Lipinski definition) is 1. The van der Waals surface area contributed by atoms with Crippen molar-refractivity contribution in [2.75, 3.05) is 13.6 Å². The van der Waals surface area contributed by atoms with Crippen molar-refractivity contribution in [3.05, 3.63) is 35.6 Å². The summed E-state index contributed by atoms with van der Waals surface area (Å²) in [5.74, 6) is -0.0865. The fraction of sp³-hybridized carbons (Fsp3) is 0.600. The van der Waals surface area contributed by atoms with E-state index in [1.165, 1.54) is 18.9 Å². The third-order valence-electron chi connectivity index (χ3n) is 4.06. The van der Waals surface area contributed by atoms with Crippen LogP contribution in [0.4, 0.5) is 4.39 Å². The number of hydrogen-bond acceptors (Lipinski definition) is 2. The van der Waals surface area contributed by atoms with Gasteiger partial charge in [0.05, 0.1) is 0 Å². The molecular weight excluding hydrogens is 227 g/mol. The maximum atomic E-state index is 13.5. The number of rotatable bonds is 4. The smallest absolute Gasteiger partial charge is 0.126 e. The number of nitrogens with zero attached hydrogens (tertiary/aromatic N) is 1. The summed E-state index contributed by atoms with van der Waals surface area (Å²) in [6.07, 6.45) is 5.37. The molecule has 2 nitrogen and oxygen atoms in total. The molecule has 18 heavy (non-hydrogen) atoms. The molecule has 0 atom stereocenters. The summed E-state index contributed by atoms with van der Waals surface area (Å²) < 4.78 is 13.5. The number of halogens is 1. The molecular formula is C15H23FN2. The first-order valence-corrected chi connectivity index (χ1v) is 6.86. The minimum Gasteiger partial charge on any atom is -0.328 e. The van der Waals surface area contributed by atoms with Crippen molar-refractivity contribution < 1.29 is 4.39 Å². The molecule has 1 saturated carbocycles. The van der Waals surface area contributed by atoms with Crippen LogP contribution in [0.1, 0.15) is 31.2 Å². The SMILES string of the molecule is CN(CCc1ccccc1F)C1CCC(N)CC1. The highest BCUT2D eigenvalue weighted by atomic mass is 19.1. The monoisotopic (exact) mass is 250 g/mol. The molecule has 1 aromatic carbocycles. The van der Waals surface area contributed by atoms with Crippen molar-refractivity contribution in [3.63, 3.8) is 0 Å². The van der Waals surface area contributed by atoms with Crippen LogP contribution < -0.4 is 5.73 Å². The van der Waals surface area contributed by atoms with Crippen LogP contribution in [0, 0.1) is 5.82 Å². The van der Waals surface area contributed by atoms with Crippen LogP contribution in [0.15, 0.2) is 24.3 Å². The first kappa shape index (κ1) is 13.5. The summed E-state index contributed by atoms with van der Waals surface area (Å²) in [7, 11) is 2.14. The van der Waals surface area contributed by atoms with Crippen molar-refractivity contribution in [1.29, 1.82) is 0 Å². The molecule has 0 aliphatic heterocycles. The van der Waals surface area contributed by atoms with Crippen molar-refractivity contribution in [3.8, 4) is 0 Å². The minimum atomic E-state index is -0.0865. The van der Waals surface area contributed by atoms with E-state index >= 15 is 0 Å². The lowest BCUT2D eigenvalue weighted by molar-refractivity contribution is 0.184. The third-order valence-corrected chi connectivity index (χ3v) is 4.06. The highest BCUT2D eigenvalue weighted by Gasteiger charge is 2.21. The normalized spacial score (nSPS) is 24.4. The van der Waals surface area contributed by atoms with Gasteiger partial charge in [-0.05, 0) is 50.8 Å². The Morgan fingerprint density at radius 1 is 1.22 bits per heavy atom. The lowest BCUT2D eigenvalue weighted by atomic mass is 9.91. The molecule has 2 N–H and O–H groups in total.